The van der Waals surface area contributed by atoms with Crippen molar-refractivity contribution >= 4 is 23.7 Å². The van der Waals surface area contributed by atoms with E-state index in [1.54, 1.807) is 0 Å². The summed E-state index contributed by atoms with van der Waals surface area (Å²) >= 11 is 1.86. The molecule has 0 amide bonds. The van der Waals surface area contributed by atoms with Crippen molar-refractivity contribution in [3.05, 3.63) is 22.4 Å². The maximum atomic E-state index is 3.47. The molecule has 2 unspecified atom stereocenters. The second-order valence-electron chi connectivity index (χ2n) is 4.04. The van der Waals surface area contributed by atoms with E-state index in [0.717, 1.165) is 6.54 Å². The highest BCUT2D eigenvalue weighted by Gasteiger charge is 2.21. The summed E-state index contributed by atoms with van der Waals surface area (Å²) in [7, 11) is 0. The molecule has 2 nitrogen and oxygen atoms in total. The standard InChI is InChI=1S/C11H18N2S.ClH/c1-9-8-13(6-5-12-9)10(2)11-4-3-7-14-11;/h3-4,7,9-10,12H,5-6,8H2,1-2H3;1H. The number of rotatable bonds is 2. The Morgan fingerprint density at radius 2 is 2.40 bits per heavy atom. The van der Waals surface area contributed by atoms with Gasteiger partial charge in [0.15, 0.2) is 0 Å². The summed E-state index contributed by atoms with van der Waals surface area (Å²) in [5.74, 6) is 0. The predicted octanol–water partition coefficient (Wildman–Crippen LogP) is 2.52. The second kappa shape index (κ2) is 5.85. The van der Waals surface area contributed by atoms with Crippen molar-refractivity contribution in [3.8, 4) is 0 Å². The number of hydrogen-bond acceptors (Lipinski definition) is 3. The molecule has 0 aromatic carbocycles. The van der Waals surface area contributed by atoms with Crippen molar-refractivity contribution in [2.24, 2.45) is 0 Å². The minimum Gasteiger partial charge on any atom is -0.312 e. The Balaban J connectivity index is 0.00000112. The number of nitrogens with one attached hydrogen (secondary N) is 1. The molecule has 2 heterocycles. The zero-order chi connectivity index (χ0) is 9.97. The van der Waals surface area contributed by atoms with Crippen LogP contribution in [0, 0.1) is 0 Å². The molecular formula is C11H19ClN2S. The van der Waals surface area contributed by atoms with Crippen LogP contribution in [0.25, 0.3) is 0 Å². The molecule has 1 fully saturated rings. The van der Waals surface area contributed by atoms with Gasteiger partial charge in [0.2, 0.25) is 0 Å². The summed E-state index contributed by atoms with van der Waals surface area (Å²) in [6, 6.07) is 5.59. The van der Waals surface area contributed by atoms with Crippen LogP contribution in [-0.2, 0) is 0 Å². The minimum absolute atomic E-state index is 0. The lowest BCUT2D eigenvalue weighted by atomic mass is 10.1. The molecule has 1 aliphatic heterocycles. The van der Waals surface area contributed by atoms with Gasteiger partial charge in [-0.2, -0.15) is 0 Å². The van der Waals surface area contributed by atoms with Crippen molar-refractivity contribution in [1.82, 2.24) is 10.2 Å². The lowest BCUT2D eigenvalue weighted by Gasteiger charge is -2.35. The van der Waals surface area contributed by atoms with Gasteiger partial charge in [0, 0.05) is 36.6 Å². The van der Waals surface area contributed by atoms with Crippen LogP contribution in [0.1, 0.15) is 24.8 Å². The first-order valence-corrected chi connectivity index (χ1v) is 6.16. The predicted molar refractivity (Wildman–Crippen MR) is 69.0 cm³/mol. The highest BCUT2D eigenvalue weighted by Crippen LogP contribution is 2.25. The summed E-state index contributed by atoms with van der Waals surface area (Å²) in [5.41, 5.74) is 0. The third-order valence-electron chi connectivity index (χ3n) is 2.90. The Kier molecular flexibility index (Phi) is 5.06. The molecule has 0 bridgehead atoms. The normalized spacial score (nSPS) is 24.5. The van der Waals surface area contributed by atoms with Gasteiger partial charge < -0.3 is 5.32 Å². The van der Waals surface area contributed by atoms with Crippen LogP contribution in [-0.4, -0.2) is 30.6 Å². The molecule has 0 saturated carbocycles. The molecule has 0 spiro atoms. The number of piperazine rings is 1. The third-order valence-corrected chi connectivity index (χ3v) is 3.95. The van der Waals surface area contributed by atoms with E-state index >= 15 is 0 Å². The van der Waals surface area contributed by atoms with Gasteiger partial charge in [-0.05, 0) is 25.3 Å². The average molecular weight is 247 g/mol. The first-order chi connectivity index (χ1) is 6.77. The van der Waals surface area contributed by atoms with Crippen molar-refractivity contribution in [2.45, 2.75) is 25.9 Å². The summed E-state index contributed by atoms with van der Waals surface area (Å²) < 4.78 is 0. The van der Waals surface area contributed by atoms with Crippen LogP contribution in [0.3, 0.4) is 0 Å². The summed E-state index contributed by atoms with van der Waals surface area (Å²) in [6.45, 7) is 8.02. The maximum absolute atomic E-state index is 3.47. The van der Waals surface area contributed by atoms with Gasteiger partial charge in [0.1, 0.15) is 0 Å². The lowest BCUT2D eigenvalue weighted by Crippen LogP contribution is -2.49. The van der Waals surface area contributed by atoms with Gasteiger partial charge in [-0.1, -0.05) is 6.07 Å². The van der Waals surface area contributed by atoms with Crippen LogP contribution >= 0.6 is 23.7 Å². The van der Waals surface area contributed by atoms with E-state index in [2.05, 4.69) is 41.6 Å². The Hall–Kier alpha value is -0.0900. The van der Waals surface area contributed by atoms with Crippen LogP contribution in [0.2, 0.25) is 0 Å². The fraction of sp³-hybridized carbons (Fsp3) is 0.636. The molecular weight excluding hydrogens is 228 g/mol. The van der Waals surface area contributed by atoms with Crippen LogP contribution < -0.4 is 5.32 Å². The quantitative estimate of drug-likeness (QED) is 0.863. The van der Waals surface area contributed by atoms with Gasteiger partial charge in [-0.3, -0.25) is 4.90 Å². The lowest BCUT2D eigenvalue weighted by molar-refractivity contribution is 0.161. The summed E-state index contributed by atoms with van der Waals surface area (Å²) in [6.07, 6.45) is 0. The van der Waals surface area contributed by atoms with Gasteiger partial charge in [-0.25, -0.2) is 0 Å². The number of hydrogen-bond donors (Lipinski definition) is 1. The highest BCUT2D eigenvalue weighted by atomic mass is 35.5. The SMILES string of the molecule is CC1CN(C(C)c2cccs2)CCN1.Cl. The molecule has 1 aromatic heterocycles. The molecule has 0 aliphatic carbocycles. The molecule has 1 aromatic rings. The minimum atomic E-state index is 0. The van der Waals surface area contributed by atoms with Crippen molar-refractivity contribution in [2.75, 3.05) is 19.6 Å². The largest absolute Gasteiger partial charge is 0.312 e. The molecule has 15 heavy (non-hydrogen) atoms. The second-order valence-corrected chi connectivity index (χ2v) is 5.02. The molecule has 4 heteroatoms. The Morgan fingerprint density at radius 1 is 1.60 bits per heavy atom. The molecule has 1 aliphatic rings. The molecule has 2 atom stereocenters. The smallest absolute Gasteiger partial charge is 0.0414 e. The monoisotopic (exact) mass is 246 g/mol. The first kappa shape index (κ1) is 13.0. The zero-order valence-electron chi connectivity index (χ0n) is 9.27. The highest BCUT2D eigenvalue weighted by molar-refractivity contribution is 7.10. The van der Waals surface area contributed by atoms with Crippen LogP contribution in [0.5, 0.6) is 0 Å². The summed E-state index contributed by atoms with van der Waals surface area (Å²) in [4.78, 5) is 4.05. The van der Waals surface area contributed by atoms with E-state index in [1.807, 2.05) is 11.3 Å². The maximum Gasteiger partial charge on any atom is 0.0414 e. The summed E-state index contributed by atoms with van der Waals surface area (Å²) in [5, 5.41) is 5.64. The van der Waals surface area contributed by atoms with Gasteiger partial charge in [0.05, 0.1) is 0 Å². The van der Waals surface area contributed by atoms with E-state index < -0.39 is 0 Å². The topological polar surface area (TPSA) is 15.3 Å². The first-order valence-electron chi connectivity index (χ1n) is 5.28. The zero-order valence-corrected chi connectivity index (χ0v) is 10.9. The molecule has 1 N–H and O–H groups in total. The average Bonchev–Trinajstić information content (AvgIpc) is 2.69. The van der Waals surface area contributed by atoms with E-state index in [-0.39, 0.29) is 12.4 Å². The van der Waals surface area contributed by atoms with Gasteiger partial charge in [0.25, 0.3) is 0 Å². The van der Waals surface area contributed by atoms with Crippen molar-refractivity contribution < 1.29 is 0 Å². The Labute approximate surface area is 102 Å². The van der Waals surface area contributed by atoms with E-state index in [1.165, 1.54) is 18.0 Å². The Bertz CT molecular complexity index is 276. The van der Waals surface area contributed by atoms with E-state index in [9.17, 15) is 0 Å². The fourth-order valence-corrected chi connectivity index (χ4v) is 2.84. The molecule has 2 rings (SSSR count). The number of nitrogens with zero attached hydrogens (tertiary/aromatic N) is 1. The number of thiophene rings is 1. The fourth-order valence-electron chi connectivity index (χ4n) is 2.02. The molecule has 86 valence electrons. The number of halogens is 1. The third kappa shape index (κ3) is 3.18. The van der Waals surface area contributed by atoms with Crippen LogP contribution in [0.4, 0.5) is 0 Å². The molecule has 1 saturated heterocycles. The van der Waals surface area contributed by atoms with E-state index in [0.29, 0.717) is 12.1 Å². The molecule has 0 radical (unpaired) electrons. The van der Waals surface area contributed by atoms with Crippen LogP contribution in [0.15, 0.2) is 17.5 Å². The van der Waals surface area contributed by atoms with E-state index in [4.69, 9.17) is 0 Å². The van der Waals surface area contributed by atoms with Gasteiger partial charge >= 0.3 is 0 Å². The van der Waals surface area contributed by atoms with Gasteiger partial charge in [-0.15, -0.1) is 23.7 Å². The Morgan fingerprint density at radius 3 is 3.00 bits per heavy atom. The van der Waals surface area contributed by atoms with Crippen molar-refractivity contribution in [3.63, 3.8) is 0 Å². The van der Waals surface area contributed by atoms with Crippen molar-refractivity contribution in [1.29, 1.82) is 0 Å².